The quantitative estimate of drug-likeness (QED) is 0.810. The van der Waals surface area contributed by atoms with Crippen molar-refractivity contribution in [3.05, 3.63) is 35.9 Å². The van der Waals surface area contributed by atoms with Crippen molar-refractivity contribution < 1.29 is 9.53 Å². The summed E-state index contributed by atoms with van der Waals surface area (Å²) in [6, 6.07) is 11.1. The molecule has 0 spiro atoms. The Hall–Kier alpha value is -1.55. The predicted molar refractivity (Wildman–Crippen MR) is 84.1 cm³/mol. The Balaban J connectivity index is 1.58. The Labute approximate surface area is 127 Å². The van der Waals surface area contributed by atoms with Gasteiger partial charge in [0.15, 0.2) is 0 Å². The van der Waals surface area contributed by atoms with Gasteiger partial charge in [0.1, 0.15) is 6.61 Å². The number of amides is 1. The summed E-state index contributed by atoms with van der Waals surface area (Å²) >= 11 is 0. The summed E-state index contributed by atoms with van der Waals surface area (Å²) in [5.41, 5.74) is 1.01. The molecule has 0 radical (unpaired) electrons. The lowest BCUT2D eigenvalue weighted by molar-refractivity contribution is 0.124. The molecule has 1 amide bonds. The lowest BCUT2D eigenvalue weighted by Crippen LogP contribution is -2.54. The van der Waals surface area contributed by atoms with Gasteiger partial charge in [-0.3, -0.25) is 0 Å². The van der Waals surface area contributed by atoms with Crippen molar-refractivity contribution in [3.63, 3.8) is 0 Å². The molecule has 1 aliphatic carbocycles. The Kier molecular flexibility index (Phi) is 6.05. The lowest BCUT2D eigenvalue weighted by atomic mass is 9.86. The standard InChI is InChI=1S/C17H26N2O2/c1-3-7-13(2)18-15-10-16(11-15)19-17(20)21-12-14-8-5-4-6-9-14/h4-6,8-9,13,15-16,18H,3,7,10-12H2,1-2H3,(H,19,20). The maximum atomic E-state index is 11.7. The molecule has 1 aromatic carbocycles. The molecule has 1 atom stereocenters. The minimum atomic E-state index is -0.316. The third kappa shape index (κ3) is 5.38. The van der Waals surface area contributed by atoms with E-state index in [1.165, 1.54) is 12.8 Å². The van der Waals surface area contributed by atoms with Gasteiger partial charge in [0.25, 0.3) is 0 Å². The zero-order valence-corrected chi connectivity index (χ0v) is 13.0. The highest BCUT2D eigenvalue weighted by molar-refractivity contribution is 5.67. The normalized spacial score (nSPS) is 22.2. The maximum Gasteiger partial charge on any atom is 0.407 e. The number of carbonyl (C=O) groups excluding carboxylic acids is 1. The van der Waals surface area contributed by atoms with Gasteiger partial charge in [-0.05, 0) is 31.7 Å². The zero-order valence-electron chi connectivity index (χ0n) is 13.0. The highest BCUT2D eigenvalue weighted by atomic mass is 16.5. The molecule has 0 heterocycles. The molecule has 0 aromatic heterocycles. The van der Waals surface area contributed by atoms with Crippen LogP contribution in [0, 0.1) is 0 Å². The molecule has 4 heteroatoms. The van der Waals surface area contributed by atoms with E-state index in [-0.39, 0.29) is 12.1 Å². The van der Waals surface area contributed by atoms with Crippen molar-refractivity contribution >= 4 is 6.09 Å². The molecule has 0 aliphatic heterocycles. The number of ether oxygens (including phenoxy) is 1. The summed E-state index contributed by atoms with van der Waals surface area (Å²) in [6.07, 6.45) is 4.08. The van der Waals surface area contributed by atoms with E-state index in [1.54, 1.807) is 0 Å². The number of hydrogen-bond donors (Lipinski definition) is 2. The molecule has 21 heavy (non-hydrogen) atoms. The molecule has 1 aromatic rings. The smallest absolute Gasteiger partial charge is 0.407 e. The van der Waals surface area contributed by atoms with E-state index in [2.05, 4.69) is 24.5 Å². The molecular formula is C17H26N2O2. The molecule has 116 valence electrons. The summed E-state index contributed by atoms with van der Waals surface area (Å²) in [5, 5.41) is 6.51. The van der Waals surface area contributed by atoms with Crippen LogP contribution in [0.2, 0.25) is 0 Å². The predicted octanol–water partition coefficient (Wildman–Crippen LogP) is 3.22. The van der Waals surface area contributed by atoms with Gasteiger partial charge < -0.3 is 15.4 Å². The van der Waals surface area contributed by atoms with Crippen molar-refractivity contribution in [1.82, 2.24) is 10.6 Å². The van der Waals surface area contributed by atoms with E-state index in [1.807, 2.05) is 30.3 Å². The van der Waals surface area contributed by atoms with Gasteiger partial charge in [-0.15, -0.1) is 0 Å². The van der Waals surface area contributed by atoms with Crippen molar-refractivity contribution in [2.24, 2.45) is 0 Å². The highest BCUT2D eigenvalue weighted by Crippen LogP contribution is 2.21. The monoisotopic (exact) mass is 290 g/mol. The first-order chi connectivity index (χ1) is 10.2. The van der Waals surface area contributed by atoms with Crippen LogP contribution < -0.4 is 10.6 Å². The van der Waals surface area contributed by atoms with Crippen LogP contribution in [-0.2, 0) is 11.3 Å². The fourth-order valence-electron chi connectivity index (χ4n) is 2.72. The van der Waals surface area contributed by atoms with Gasteiger partial charge in [-0.2, -0.15) is 0 Å². The van der Waals surface area contributed by atoms with Crippen LogP contribution in [0.4, 0.5) is 4.79 Å². The zero-order chi connectivity index (χ0) is 15.1. The van der Waals surface area contributed by atoms with Crippen LogP contribution in [0.1, 0.15) is 45.1 Å². The van der Waals surface area contributed by atoms with Crippen LogP contribution in [0.25, 0.3) is 0 Å². The van der Waals surface area contributed by atoms with E-state index < -0.39 is 0 Å². The Morgan fingerprint density at radius 3 is 2.67 bits per heavy atom. The topological polar surface area (TPSA) is 50.4 Å². The fourth-order valence-corrected chi connectivity index (χ4v) is 2.72. The first-order valence-corrected chi connectivity index (χ1v) is 7.90. The minimum Gasteiger partial charge on any atom is -0.445 e. The molecule has 0 bridgehead atoms. The van der Waals surface area contributed by atoms with Gasteiger partial charge in [0.05, 0.1) is 0 Å². The second-order valence-corrected chi connectivity index (χ2v) is 5.93. The number of nitrogens with one attached hydrogen (secondary N) is 2. The van der Waals surface area contributed by atoms with E-state index in [4.69, 9.17) is 4.74 Å². The molecule has 1 saturated carbocycles. The second kappa shape index (κ2) is 8.03. The molecule has 2 rings (SSSR count). The minimum absolute atomic E-state index is 0.250. The van der Waals surface area contributed by atoms with Crippen molar-refractivity contribution in [3.8, 4) is 0 Å². The molecule has 1 unspecified atom stereocenters. The van der Waals surface area contributed by atoms with E-state index in [0.29, 0.717) is 18.7 Å². The molecule has 0 saturated heterocycles. The summed E-state index contributed by atoms with van der Waals surface area (Å²) in [6.45, 7) is 4.75. The summed E-state index contributed by atoms with van der Waals surface area (Å²) in [7, 11) is 0. The summed E-state index contributed by atoms with van der Waals surface area (Å²) in [5.74, 6) is 0. The van der Waals surface area contributed by atoms with Crippen LogP contribution in [-0.4, -0.2) is 24.2 Å². The van der Waals surface area contributed by atoms with Gasteiger partial charge in [-0.1, -0.05) is 43.7 Å². The molecular weight excluding hydrogens is 264 g/mol. The van der Waals surface area contributed by atoms with Gasteiger partial charge >= 0.3 is 6.09 Å². The average Bonchev–Trinajstić information content (AvgIpc) is 2.44. The molecule has 1 aliphatic rings. The second-order valence-electron chi connectivity index (χ2n) is 5.93. The number of alkyl carbamates (subject to hydrolysis) is 1. The SMILES string of the molecule is CCCC(C)NC1CC(NC(=O)OCc2ccccc2)C1. The fraction of sp³-hybridized carbons (Fsp3) is 0.588. The van der Waals surface area contributed by atoms with Gasteiger partial charge in [0.2, 0.25) is 0 Å². The summed E-state index contributed by atoms with van der Waals surface area (Å²) < 4.78 is 5.22. The van der Waals surface area contributed by atoms with Crippen molar-refractivity contribution in [2.45, 2.75) is 64.3 Å². The Morgan fingerprint density at radius 1 is 1.29 bits per heavy atom. The van der Waals surface area contributed by atoms with Gasteiger partial charge in [0, 0.05) is 18.1 Å². The number of benzene rings is 1. The molecule has 1 fully saturated rings. The number of hydrogen-bond acceptors (Lipinski definition) is 3. The van der Waals surface area contributed by atoms with Gasteiger partial charge in [-0.25, -0.2) is 4.79 Å². The number of carbonyl (C=O) groups is 1. The van der Waals surface area contributed by atoms with Crippen LogP contribution >= 0.6 is 0 Å². The van der Waals surface area contributed by atoms with Crippen LogP contribution in [0.3, 0.4) is 0 Å². The average molecular weight is 290 g/mol. The number of rotatable bonds is 7. The van der Waals surface area contributed by atoms with Crippen LogP contribution in [0.5, 0.6) is 0 Å². The highest BCUT2D eigenvalue weighted by Gasteiger charge is 2.31. The van der Waals surface area contributed by atoms with E-state index in [0.717, 1.165) is 18.4 Å². The Morgan fingerprint density at radius 2 is 2.00 bits per heavy atom. The van der Waals surface area contributed by atoms with E-state index >= 15 is 0 Å². The third-order valence-corrected chi connectivity index (χ3v) is 3.91. The third-order valence-electron chi connectivity index (χ3n) is 3.91. The largest absolute Gasteiger partial charge is 0.445 e. The lowest BCUT2D eigenvalue weighted by Gasteiger charge is -2.37. The van der Waals surface area contributed by atoms with Crippen molar-refractivity contribution in [1.29, 1.82) is 0 Å². The van der Waals surface area contributed by atoms with Crippen LogP contribution in [0.15, 0.2) is 30.3 Å². The first-order valence-electron chi connectivity index (χ1n) is 7.90. The van der Waals surface area contributed by atoms with E-state index in [9.17, 15) is 4.79 Å². The summed E-state index contributed by atoms with van der Waals surface area (Å²) in [4.78, 5) is 11.7. The first kappa shape index (κ1) is 15.8. The molecule has 2 N–H and O–H groups in total. The maximum absolute atomic E-state index is 11.7. The molecule has 4 nitrogen and oxygen atoms in total. The Bertz CT molecular complexity index is 430. The van der Waals surface area contributed by atoms with Crippen molar-refractivity contribution in [2.75, 3.05) is 0 Å².